The number of aromatic nitrogens is 4. The molecule has 2 aromatic heterocycles. The van der Waals surface area contributed by atoms with Crippen LogP contribution in [0.4, 0.5) is 5.95 Å². The molecule has 0 unspecified atom stereocenters. The van der Waals surface area contributed by atoms with E-state index >= 15 is 0 Å². The van der Waals surface area contributed by atoms with Crippen LogP contribution < -0.4 is 5.73 Å². The number of hydrogen-bond acceptors (Lipinski definition) is 5. The summed E-state index contributed by atoms with van der Waals surface area (Å²) in [7, 11) is 0. The van der Waals surface area contributed by atoms with Crippen LogP contribution in [-0.4, -0.2) is 43.6 Å². The van der Waals surface area contributed by atoms with E-state index < -0.39 is 0 Å². The molecule has 0 aliphatic carbocycles. The molecule has 7 nitrogen and oxygen atoms in total. The number of halogens is 1. The van der Waals surface area contributed by atoms with Crippen molar-refractivity contribution < 1.29 is 4.79 Å². The lowest BCUT2D eigenvalue weighted by molar-refractivity contribution is 0.0767. The van der Waals surface area contributed by atoms with Gasteiger partial charge in [-0.05, 0) is 41.9 Å². The maximum absolute atomic E-state index is 12.3. The van der Waals surface area contributed by atoms with E-state index in [1.54, 1.807) is 23.2 Å². The summed E-state index contributed by atoms with van der Waals surface area (Å²) in [5.74, 6) is 0.0476. The first-order valence-corrected chi connectivity index (χ1v) is 6.99. The van der Waals surface area contributed by atoms with Gasteiger partial charge >= 0.3 is 0 Å². The molecule has 0 saturated heterocycles. The molecule has 106 valence electrons. The highest BCUT2D eigenvalue weighted by Gasteiger charge is 2.15. The van der Waals surface area contributed by atoms with Crippen LogP contribution in [-0.2, 0) is 0 Å². The number of nitrogens with zero attached hydrogens (tertiary/aromatic N) is 5. The van der Waals surface area contributed by atoms with Gasteiger partial charge in [0.05, 0.1) is 5.69 Å². The van der Waals surface area contributed by atoms with Crippen molar-refractivity contribution in [2.45, 2.75) is 13.8 Å². The van der Waals surface area contributed by atoms with Crippen LogP contribution >= 0.6 is 15.9 Å². The molecule has 8 heteroatoms. The Morgan fingerprint density at radius 1 is 1.45 bits per heavy atom. The third kappa shape index (κ3) is 2.79. The second kappa shape index (κ2) is 6.00. The number of anilines is 1. The van der Waals surface area contributed by atoms with Gasteiger partial charge in [0.2, 0.25) is 10.7 Å². The normalized spacial score (nSPS) is 10.6. The van der Waals surface area contributed by atoms with Crippen molar-refractivity contribution in [3.8, 4) is 5.69 Å². The highest BCUT2D eigenvalue weighted by atomic mass is 79.9. The predicted molar refractivity (Wildman–Crippen MR) is 78.5 cm³/mol. The molecule has 1 amide bonds. The third-order valence-corrected chi connectivity index (χ3v) is 3.36. The molecule has 2 heterocycles. The first kappa shape index (κ1) is 14.4. The van der Waals surface area contributed by atoms with Gasteiger partial charge in [-0.3, -0.25) is 9.78 Å². The van der Waals surface area contributed by atoms with Gasteiger partial charge in [-0.1, -0.05) is 0 Å². The van der Waals surface area contributed by atoms with Gasteiger partial charge < -0.3 is 10.6 Å². The Kier molecular flexibility index (Phi) is 4.33. The number of hydrogen-bond donors (Lipinski definition) is 1. The highest BCUT2D eigenvalue weighted by molar-refractivity contribution is 9.10. The van der Waals surface area contributed by atoms with Crippen LogP contribution in [0.3, 0.4) is 0 Å². The van der Waals surface area contributed by atoms with Crippen LogP contribution in [0, 0.1) is 0 Å². The minimum Gasteiger partial charge on any atom is -0.366 e. The van der Waals surface area contributed by atoms with Crippen molar-refractivity contribution in [1.82, 2.24) is 24.6 Å². The topological polar surface area (TPSA) is 89.9 Å². The summed E-state index contributed by atoms with van der Waals surface area (Å²) in [5.41, 5.74) is 6.58. The van der Waals surface area contributed by atoms with E-state index in [9.17, 15) is 4.79 Å². The van der Waals surface area contributed by atoms with Gasteiger partial charge in [0, 0.05) is 19.3 Å². The fraction of sp³-hybridized carbons (Fsp3) is 0.333. The average Bonchev–Trinajstić information content (AvgIpc) is 2.79. The number of carbonyl (C=O) groups is 1. The Morgan fingerprint density at radius 2 is 2.15 bits per heavy atom. The molecule has 0 spiro atoms. The predicted octanol–water partition coefficient (Wildman–Crippen LogP) is 1.49. The molecule has 0 aliphatic rings. The van der Waals surface area contributed by atoms with Crippen molar-refractivity contribution in [1.29, 1.82) is 0 Å². The lowest BCUT2D eigenvalue weighted by Gasteiger charge is -2.18. The molecule has 2 N–H and O–H groups in total. The van der Waals surface area contributed by atoms with Crippen LogP contribution in [0.15, 0.2) is 23.1 Å². The monoisotopic (exact) mass is 338 g/mol. The molecule has 0 fully saturated rings. The van der Waals surface area contributed by atoms with Gasteiger partial charge in [-0.2, -0.15) is 4.98 Å². The molecule has 0 saturated carbocycles. The van der Waals surface area contributed by atoms with E-state index in [1.807, 2.05) is 13.8 Å². The first-order valence-electron chi connectivity index (χ1n) is 6.20. The zero-order valence-corrected chi connectivity index (χ0v) is 12.8. The maximum atomic E-state index is 12.3. The van der Waals surface area contributed by atoms with E-state index in [1.165, 1.54) is 4.68 Å². The minimum atomic E-state index is -0.110. The molecule has 0 radical (unpaired) electrons. The van der Waals surface area contributed by atoms with E-state index in [0.717, 1.165) is 0 Å². The fourth-order valence-electron chi connectivity index (χ4n) is 1.81. The van der Waals surface area contributed by atoms with Crippen LogP contribution in [0.5, 0.6) is 0 Å². The summed E-state index contributed by atoms with van der Waals surface area (Å²) in [6.45, 7) is 5.14. The molecular weight excluding hydrogens is 324 g/mol. The molecule has 0 atom stereocenters. The van der Waals surface area contributed by atoms with Crippen LogP contribution in [0.1, 0.15) is 24.3 Å². The maximum Gasteiger partial charge on any atom is 0.272 e. The standard InChI is InChI=1S/C12H15BrN6O/c1-3-18(4-2)10(20)9-7-8(5-6-15-9)19-11(13)16-12(14)17-19/h5-7H,3-4H2,1-2H3,(H2,14,17). The van der Waals surface area contributed by atoms with Crippen molar-refractivity contribution >= 4 is 27.8 Å². The summed E-state index contributed by atoms with van der Waals surface area (Å²) in [4.78, 5) is 22.0. The molecule has 0 aromatic carbocycles. The number of nitrogens with two attached hydrogens (primary N) is 1. The van der Waals surface area contributed by atoms with E-state index in [4.69, 9.17) is 5.73 Å². The second-order valence-electron chi connectivity index (χ2n) is 4.03. The summed E-state index contributed by atoms with van der Waals surface area (Å²) < 4.78 is 1.98. The number of amides is 1. The quantitative estimate of drug-likeness (QED) is 0.911. The number of carbonyl (C=O) groups excluding carboxylic acids is 1. The van der Waals surface area contributed by atoms with Crippen molar-refractivity contribution in [2.75, 3.05) is 18.8 Å². The number of nitrogen functional groups attached to an aromatic ring is 1. The Morgan fingerprint density at radius 3 is 2.70 bits per heavy atom. The van der Waals surface area contributed by atoms with Gasteiger partial charge in [0.25, 0.3) is 5.91 Å². The molecule has 0 aliphatic heterocycles. The molecule has 20 heavy (non-hydrogen) atoms. The van der Waals surface area contributed by atoms with Gasteiger partial charge in [-0.25, -0.2) is 4.68 Å². The van der Waals surface area contributed by atoms with Gasteiger partial charge in [0.15, 0.2) is 0 Å². The lowest BCUT2D eigenvalue weighted by Crippen LogP contribution is -2.31. The van der Waals surface area contributed by atoms with E-state index in [2.05, 4.69) is 31.0 Å². The Labute approximate surface area is 124 Å². The number of rotatable bonds is 4. The molecule has 0 bridgehead atoms. The number of pyridine rings is 1. The Bertz CT molecular complexity index is 622. The lowest BCUT2D eigenvalue weighted by atomic mass is 10.3. The SMILES string of the molecule is CCN(CC)C(=O)c1cc(-n2nc(N)nc2Br)ccn1. The van der Waals surface area contributed by atoms with Crippen LogP contribution in [0.2, 0.25) is 0 Å². The Hall–Kier alpha value is -1.96. The zero-order chi connectivity index (χ0) is 14.7. The largest absolute Gasteiger partial charge is 0.366 e. The van der Waals surface area contributed by atoms with Gasteiger partial charge in [0.1, 0.15) is 5.69 Å². The van der Waals surface area contributed by atoms with Gasteiger partial charge in [-0.15, -0.1) is 5.10 Å². The second-order valence-corrected chi connectivity index (χ2v) is 4.74. The average molecular weight is 339 g/mol. The van der Waals surface area contributed by atoms with E-state index in [-0.39, 0.29) is 11.9 Å². The third-order valence-electron chi connectivity index (χ3n) is 2.84. The van der Waals surface area contributed by atoms with E-state index in [0.29, 0.717) is 29.2 Å². The first-order chi connectivity index (χ1) is 9.56. The summed E-state index contributed by atoms with van der Waals surface area (Å²) in [6.07, 6.45) is 1.57. The summed E-state index contributed by atoms with van der Waals surface area (Å²) in [5, 5.41) is 4.05. The molecule has 2 rings (SSSR count). The highest BCUT2D eigenvalue weighted by Crippen LogP contribution is 2.16. The summed E-state index contributed by atoms with van der Waals surface area (Å²) >= 11 is 3.27. The molecular formula is C12H15BrN6O. The Balaban J connectivity index is 2.38. The smallest absolute Gasteiger partial charge is 0.272 e. The van der Waals surface area contributed by atoms with Crippen molar-refractivity contribution in [3.63, 3.8) is 0 Å². The van der Waals surface area contributed by atoms with Crippen molar-refractivity contribution in [3.05, 3.63) is 28.8 Å². The summed E-state index contributed by atoms with van der Waals surface area (Å²) in [6, 6.07) is 3.40. The fourth-order valence-corrected chi connectivity index (χ4v) is 2.28. The zero-order valence-electron chi connectivity index (χ0n) is 11.2. The van der Waals surface area contributed by atoms with Crippen molar-refractivity contribution in [2.24, 2.45) is 0 Å². The minimum absolute atomic E-state index is 0.110. The molecule has 2 aromatic rings. The van der Waals surface area contributed by atoms with Crippen LogP contribution in [0.25, 0.3) is 5.69 Å².